The molecule has 3 nitrogen and oxygen atoms in total. The van der Waals surface area contributed by atoms with E-state index in [0.717, 1.165) is 31.4 Å². The maximum absolute atomic E-state index is 12.8. The van der Waals surface area contributed by atoms with Gasteiger partial charge in [0.25, 0.3) is 0 Å². The minimum atomic E-state index is -4.35. The molecule has 0 amide bonds. The average molecular weight is 273 g/mol. The average Bonchev–Trinajstić information content (AvgIpc) is 2.73. The maximum atomic E-state index is 12.8. The molecule has 0 spiro atoms. The highest BCUT2D eigenvalue weighted by Gasteiger charge is 2.32. The van der Waals surface area contributed by atoms with Crippen LogP contribution >= 0.6 is 0 Å². The van der Waals surface area contributed by atoms with E-state index in [1.807, 2.05) is 0 Å². The molecule has 1 fully saturated rings. The van der Waals surface area contributed by atoms with Gasteiger partial charge in [-0.15, -0.1) is 0 Å². The number of hydrogen-bond donors (Lipinski definition) is 2. The van der Waals surface area contributed by atoms with E-state index in [0.29, 0.717) is 11.7 Å². The lowest BCUT2D eigenvalue weighted by atomic mass is 10.1. The van der Waals surface area contributed by atoms with Crippen LogP contribution in [0.4, 0.5) is 24.8 Å². The fourth-order valence-corrected chi connectivity index (χ4v) is 2.44. The van der Waals surface area contributed by atoms with Crippen LogP contribution in [0.15, 0.2) is 12.1 Å². The number of nitrogens with zero attached hydrogens (tertiary/aromatic N) is 1. The molecule has 2 rings (SSSR count). The topological polar surface area (TPSA) is 37.0 Å². The lowest BCUT2D eigenvalue weighted by Crippen LogP contribution is -2.17. The SMILES string of the molecule is CNc1cc(C(F)(F)F)cc(NC2CCC(C)C2)n1. The van der Waals surface area contributed by atoms with E-state index >= 15 is 0 Å². The van der Waals surface area contributed by atoms with Crippen molar-refractivity contribution in [1.82, 2.24) is 4.98 Å². The number of hydrogen-bond acceptors (Lipinski definition) is 3. The van der Waals surface area contributed by atoms with Gasteiger partial charge in [-0.1, -0.05) is 6.92 Å². The molecule has 1 saturated carbocycles. The monoisotopic (exact) mass is 273 g/mol. The van der Waals surface area contributed by atoms with Gasteiger partial charge in [0, 0.05) is 13.1 Å². The Bertz CT molecular complexity index is 445. The molecular weight excluding hydrogens is 255 g/mol. The summed E-state index contributed by atoms with van der Waals surface area (Å²) in [5.41, 5.74) is -0.680. The Kier molecular flexibility index (Phi) is 3.87. The molecule has 1 aromatic heterocycles. The van der Waals surface area contributed by atoms with Gasteiger partial charge in [0.2, 0.25) is 0 Å². The normalized spacial score (nSPS) is 23.4. The second kappa shape index (κ2) is 5.27. The zero-order chi connectivity index (χ0) is 14.0. The number of alkyl halides is 3. The molecule has 1 aliphatic rings. The van der Waals surface area contributed by atoms with E-state index < -0.39 is 11.7 Å². The van der Waals surface area contributed by atoms with Crippen molar-refractivity contribution in [3.05, 3.63) is 17.7 Å². The van der Waals surface area contributed by atoms with Crippen molar-refractivity contribution >= 4 is 11.6 Å². The van der Waals surface area contributed by atoms with Gasteiger partial charge in [-0.05, 0) is 37.3 Å². The van der Waals surface area contributed by atoms with Crippen molar-refractivity contribution in [2.45, 2.75) is 38.4 Å². The van der Waals surface area contributed by atoms with Gasteiger partial charge in [-0.2, -0.15) is 13.2 Å². The number of pyridine rings is 1. The molecule has 2 atom stereocenters. The molecule has 0 aliphatic heterocycles. The highest BCUT2D eigenvalue weighted by molar-refractivity contribution is 5.50. The zero-order valence-electron chi connectivity index (χ0n) is 11.0. The van der Waals surface area contributed by atoms with Gasteiger partial charge in [-0.3, -0.25) is 0 Å². The Morgan fingerprint density at radius 3 is 2.42 bits per heavy atom. The van der Waals surface area contributed by atoms with E-state index in [1.165, 1.54) is 0 Å². The summed E-state index contributed by atoms with van der Waals surface area (Å²) in [7, 11) is 1.56. The van der Waals surface area contributed by atoms with Crippen LogP contribution in [0.2, 0.25) is 0 Å². The summed E-state index contributed by atoms with van der Waals surface area (Å²) in [5.74, 6) is 1.13. The predicted molar refractivity (Wildman–Crippen MR) is 69.2 cm³/mol. The standard InChI is InChI=1S/C13H18F3N3/c1-8-3-4-10(5-8)18-12-7-9(13(14,15)16)6-11(17-2)19-12/h6-8,10H,3-5H2,1-2H3,(H2,17,18,19). The Labute approximate surface area is 110 Å². The first kappa shape index (κ1) is 14.0. The lowest BCUT2D eigenvalue weighted by molar-refractivity contribution is -0.137. The Morgan fingerprint density at radius 1 is 1.21 bits per heavy atom. The second-order valence-corrected chi connectivity index (χ2v) is 5.13. The molecule has 6 heteroatoms. The van der Waals surface area contributed by atoms with Crippen LogP contribution in [-0.4, -0.2) is 18.1 Å². The molecule has 0 aromatic carbocycles. The van der Waals surface area contributed by atoms with Crippen molar-refractivity contribution in [2.75, 3.05) is 17.7 Å². The quantitative estimate of drug-likeness (QED) is 0.880. The van der Waals surface area contributed by atoms with E-state index in [-0.39, 0.29) is 11.9 Å². The number of halogens is 3. The van der Waals surface area contributed by atoms with Crippen molar-refractivity contribution in [1.29, 1.82) is 0 Å². The third kappa shape index (κ3) is 3.52. The molecule has 1 heterocycles. The van der Waals surface area contributed by atoms with Crippen molar-refractivity contribution in [2.24, 2.45) is 5.92 Å². The summed E-state index contributed by atoms with van der Waals surface area (Å²) in [5, 5.41) is 5.77. The van der Waals surface area contributed by atoms with Gasteiger partial charge >= 0.3 is 6.18 Å². The summed E-state index contributed by atoms with van der Waals surface area (Å²) >= 11 is 0. The van der Waals surface area contributed by atoms with Gasteiger partial charge in [0.1, 0.15) is 11.6 Å². The van der Waals surface area contributed by atoms with Gasteiger partial charge in [-0.25, -0.2) is 4.98 Å². The first-order valence-electron chi connectivity index (χ1n) is 6.42. The lowest BCUT2D eigenvalue weighted by Gasteiger charge is -2.16. The van der Waals surface area contributed by atoms with Crippen molar-refractivity contribution < 1.29 is 13.2 Å². The van der Waals surface area contributed by atoms with Crippen LogP contribution < -0.4 is 10.6 Å². The first-order valence-corrected chi connectivity index (χ1v) is 6.42. The van der Waals surface area contributed by atoms with Crippen LogP contribution in [0.5, 0.6) is 0 Å². The number of aromatic nitrogens is 1. The highest BCUT2D eigenvalue weighted by Crippen LogP contribution is 2.33. The van der Waals surface area contributed by atoms with E-state index in [9.17, 15) is 13.2 Å². The summed E-state index contributed by atoms with van der Waals surface area (Å²) in [6.07, 6.45) is -1.29. The van der Waals surface area contributed by atoms with E-state index in [4.69, 9.17) is 0 Å². The number of rotatable bonds is 3. The fourth-order valence-electron chi connectivity index (χ4n) is 2.44. The molecule has 19 heavy (non-hydrogen) atoms. The number of anilines is 2. The minimum absolute atomic E-state index is 0.218. The molecule has 0 bridgehead atoms. The molecule has 0 saturated heterocycles. The number of nitrogens with one attached hydrogen (secondary N) is 2. The van der Waals surface area contributed by atoms with Crippen LogP contribution in [-0.2, 0) is 6.18 Å². The van der Waals surface area contributed by atoms with E-state index in [1.54, 1.807) is 7.05 Å². The van der Waals surface area contributed by atoms with Gasteiger partial charge < -0.3 is 10.6 Å². The summed E-state index contributed by atoms with van der Waals surface area (Å²) in [4.78, 5) is 4.13. The molecule has 106 valence electrons. The Balaban J connectivity index is 2.20. The molecule has 0 radical (unpaired) electrons. The minimum Gasteiger partial charge on any atom is -0.373 e. The molecule has 2 unspecified atom stereocenters. The zero-order valence-corrected chi connectivity index (χ0v) is 11.0. The molecule has 1 aromatic rings. The fraction of sp³-hybridized carbons (Fsp3) is 0.615. The third-order valence-electron chi connectivity index (χ3n) is 3.46. The van der Waals surface area contributed by atoms with E-state index in [2.05, 4.69) is 22.5 Å². The summed E-state index contributed by atoms with van der Waals surface area (Å²) < 4.78 is 38.3. The summed E-state index contributed by atoms with van der Waals surface area (Å²) in [6, 6.07) is 2.31. The molecular formula is C13H18F3N3. The van der Waals surface area contributed by atoms with Gasteiger partial charge in [0.05, 0.1) is 5.56 Å². The largest absolute Gasteiger partial charge is 0.416 e. The smallest absolute Gasteiger partial charge is 0.373 e. The van der Waals surface area contributed by atoms with Crippen LogP contribution in [0.3, 0.4) is 0 Å². The predicted octanol–water partition coefficient (Wildman–Crippen LogP) is 3.74. The highest BCUT2D eigenvalue weighted by atomic mass is 19.4. The van der Waals surface area contributed by atoms with Gasteiger partial charge in [0.15, 0.2) is 0 Å². The van der Waals surface area contributed by atoms with Crippen LogP contribution in [0, 0.1) is 5.92 Å². The first-order chi connectivity index (χ1) is 8.88. The van der Waals surface area contributed by atoms with Crippen LogP contribution in [0.1, 0.15) is 31.7 Å². The molecule has 2 N–H and O–H groups in total. The molecule has 1 aliphatic carbocycles. The summed E-state index contributed by atoms with van der Waals surface area (Å²) in [6.45, 7) is 2.15. The Hall–Kier alpha value is -1.46. The Morgan fingerprint density at radius 2 is 1.89 bits per heavy atom. The maximum Gasteiger partial charge on any atom is 0.416 e. The second-order valence-electron chi connectivity index (χ2n) is 5.13. The van der Waals surface area contributed by atoms with Crippen LogP contribution in [0.25, 0.3) is 0 Å². The third-order valence-corrected chi connectivity index (χ3v) is 3.46. The van der Waals surface area contributed by atoms with Crippen molar-refractivity contribution in [3.8, 4) is 0 Å². The van der Waals surface area contributed by atoms with Crippen molar-refractivity contribution in [3.63, 3.8) is 0 Å².